The maximum Gasteiger partial charge on any atom is 0.322 e. The van der Waals surface area contributed by atoms with E-state index in [0.717, 1.165) is 11.3 Å². The fourth-order valence-corrected chi connectivity index (χ4v) is 3.03. The Kier molecular flexibility index (Phi) is 4.69. The summed E-state index contributed by atoms with van der Waals surface area (Å²) in [5.74, 6) is -0.0592. The Labute approximate surface area is 151 Å². The zero-order chi connectivity index (χ0) is 18.9. The highest BCUT2D eigenvalue weighted by Gasteiger charge is 2.25. The third-order valence-corrected chi connectivity index (χ3v) is 4.40. The highest BCUT2D eigenvalue weighted by Crippen LogP contribution is 2.29. The van der Waals surface area contributed by atoms with Gasteiger partial charge >= 0.3 is 6.03 Å². The van der Waals surface area contributed by atoms with E-state index in [4.69, 9.17) is 5.21 Å². The Morgan fingerprint density at radius 3 is 2.62 bits per heavy atom. The number of amides is 3. The van der Waals surface area contributed by atoms with E-state index in [1.54, 1.807) is 16.6 Å². The van der Waals surface area contributed by atoms with Crippen LogP contribution in [0.2, 0.25) is 0 Å². The van der Waals surface area contributed by atoms with E-state index in [2.05, 4.69) is 31.1 Å². The van der Waals surface area contributed by atoms with Gasteiger partial charge in [-0.2, -0.15) is 0 Å². The van der Waals surface area contributed by atoms with Crippen molar-refractivity contribution < 1.29 is 14.8 Å². The fraction of sp³-hybridized carbons (Fsp3) is 0.389. The topological polar surface area (TPSA) is 99.5 Å². The molecule has 3 rings (SSSR count). The van der Waals surface area contributed by atoms with Gasteiger partial charge in [0.05, 0.1) is 6.54 Å². The number of anilines is 1. The SMILES string of the molecule is CC(C)(C)c1ccccc1NC(=O)N1CCn2cc(C(=O)NO)nc2C1. The van der Waals surface area contributed by atoms with Crippen LogP contribution in [0.1, 0.15) is 42.6 Å². The molecule has 0 saturated heterocycles. The summed E-state index contributed by atoms with van der Waals surface area (Å²) in [6.07, 6.45) is 1.57. The largest absolute Gasteiger partial charge is 0.331 e. The molecule has 0 unspecified atom stereocenters. The van der Waals surface area contributed by atoms with Crippen LogP contribution in [0.3, 0.4) is 0 Å². The summed E-state index contributed by atoms with van der Waals surface area (Å²) in [6.45, 7) is 7.64. The number of rotatable bonds is 2. The number of nitrogens with zero attached hydrogens (tertiary/aromatic N) is 3. The zero-order valence-corrected chi connectivity index (χ0v) is 15.1. The van der Waals surface area contributed by atoms with Gasteiger partial charge in [0.15, 0.2) is 0 Å². The van der Waals surface area contributed by atoms with Crippen molar-refractivity contribution in [2.45, 2.75) is 39.3 Å². The van der Waals surface area contributed by atoms with Crippen LogP contribution in [0.25, 0.3) is 0 Å². The minimum atomic E-state index is -0.665. The van der Waals surface area contributed by atoms with Gasteiger partial charge in [-0.05, 0) is 17.0 Å². The number of hydrogen-bond donors (Lipinski definition) is 3. The second-order valence-electron chi connectivity index (χ2n) is 7.32. The molecule has 2 heterocycles. The van der Waals surface area contributed by atoms with Crippen molar-refractivity contribution in [2.24, 2.45) is 0 Å². The summed E-state index contributed by atoms with van der Waals surface area (Å²) in [5.41, 5.74) is 3.46. The van der Waals surface area contributed by atoms with Crippen molar-refractivity contribution in [3.8, 4) is 0 Å². The maximum atomic E-state index is 12.7. The Balaban J connectivity index is 1.75. The molecule has 1 aliphatic heterocycles. The third kappa shape index (κ3) is 3.55. The van der Waals surface area contributed by atoms with Gasteiger partial charge in [-0.15, -0.1) is 0 Å². The van der Waals surface area contributed by atoms with Gasteiger partial charge in [0.25, 0.3) is 5.91 Å². The molecule has 0 fully saturated rings. The van der Waals surface area contributed by atoms with E-state index in [1.165, 1.54) is 0 Å². The number of aromatic nitrogens is 2. The number of hydrogen-bond acceptors (Lipinski definition) is 4. The summed E-state index contributed by atoms with van der Waals surface area (Å²) < 4.78 is 1.82. The number of carbonyl (C=O) groups is 2. The van der Waals surface area contributed by atoms with Crippen molar-refractivity contribution in [3.05, 3.63) is 47.5 Å². The lowest BCUT2D eigenvalue weighted by Gasteiger charge is -2.29. The lowest BCUT2D eigenvalue weighted by molar-refractivity contribution is 0.0701. The summed E-state index contributed by atoms with van der Waals surface area (Å²) in [4.78, 5) is 30.0. The lowest BCUT2D eigenvalue weighted by atomic mass is 9.86. The van der Waals surface area contributed by atoms with E-state index < -0.39 is 5.91 Å². The number of imidazole rings is 1. The first-order valence-corrected chi connectivity index (χ1v) is 8.45. The molecule has 26 heavy (non-hydrogen) atoms. The number of para-hydroxylation sites is 1. The standard InChI is InChI=1S/C18H23N5O3/c1-18(2,3)12-6-4-5-7-13(12)20-17(25)23-9-8-22-10-14(16(24)21-26)19-15(22)11-23/h4-7,10,26H,8-9,11H2,1-3H3,(H,20,25)(H,21,24). The number of nitrogens with one attached hydrogen (secondary N) is 2. The summed E-state index contributed by atoms with van der Waals surface area (Å²) in [6, 6.07) is 7.56. The number of urea groups is 1. The molecule has 2 aromatic rings. The molecular weight excluding hydrogens is 334 g/mol. The first kappa shape index (κ1) is 17.9. The van der Waals surface area contributed by atoms with Gasteiger partial charge in [0.2, 0.25) is 0 Å². The highest BCUT2D eigenvalue weighted by molar-refractivity contribution is 5.92. The third-order valence-electron chi connectivity index (χ3n) is 4.40. The van der Waals surface area contributed by atoms with Crippen molar-refractivity contribution >= 4 is 17.6 Å². The molecule has 1 aliphatic rings. The Hall–Kier alpha value is -2.87. The Morgan fingerprint density at radius 1 is 1.19 bits per heavy atom. The molecule has 0 saturated carbocycles. The van der Waals surface area contributed by atoms with Crippen LogP contribution < -0.4 is 10.8 Å². The maximum absolute atomic E-state index is 12.7. The van der Waals surface area contributed by atoms with Gasteiger partial charge in [-0.25, -0.2) is 15.3 Å². The zero-order valence-electron chi connectivity index (χ0n) is 15.1. The molecule has 0 radical (unpaired) electrons. The van der Waals surface area contributed by atoms with Gasteiger partial charge in [0, 0.05) is 25.0 Å². The summed E-state index contributed by atoms with van der Waals surface area (Å²) in [5, 5.41) is 11.7. The fourth-order valence-electron chi connectivity index (χ4n) is 3.03. The number of benzene rings is 1. The number of hydroxylamine groups is 1. The van der Waals surface area contributed by atoms with Gasteiger partial charge < -0.3 is 14.8 Å². The predicted molar refractivity (Wildman–Crippen MR) is 96.1 cm³/mol. The Morgan fingerprint density at radius 2 is 1.92 bits per heavy atom. The van der Waals surface area contributed by atoms with Crippen LogP contribution in [0.4, 0.5) is 10.5 Å². The van der Waals surface area contributed by atoms with Crippen LogP contribution in [0.15, 0.2) is 30.5 Å². The van der Waals surface area contributed by atoms with Crippen molar-refractivity contribution in [3.63, 3.8) is 0 Å². The first-order valence-electron chi connectivity index (χ1n) is 8.45. The van der Waals surface area contributed by atoms with Gasteiger partial charge in [-0.1, -0.05) is 39.0 Å². The summed E-state index contributed by atoms with van der Waals surface area (Å²) in [7, 11) is 0. The monoisotopic (exact) mass is 357 g/mol. The molecule has 1 aromatic heterocycles. The second kappa shape index (κ2) is 6.80. The molecule has 0 spiro atoms. The number of carbonyl (C=O) groups excluding carboxylic acids is 2. The highest BCUT2D eigenvalue weighted by atomic mass is 16.5. The van der Waals surface area contributed by atoms with E-state index >= 15 is 0 Å². The minimum absolute atomic E-state index is 0.0887. The lowest BCUT2D eigenvalue weighted by Crippen LogP contribution is -2.41. The molecular formula is C18H23N5O3. The molecule has 3 N–H and O–H groups in total. The van der Waals surface area contributed by atoms with Gasteiger partial charge in [0.1, 0.15) is 11.5 Å². The van der Waals surface area contributed by atoms with Gasteiger partial charge in [-0.3, -0.25) is 10.0 Å². The van der Waals surface area contributed by atoms with Crippen molar-refractivity contribution in [1.82, 2.24) is 19.9 Å². The molecule has 0 bridgehead atoms. The minimum Gasteiger partial charge on any atom is -0.331 e. The van der Waals surface area contributed by atoms with E-state index in [-0.39, 0.29) is 17.1 Å². The van der Waals surface area contributed by atoms with E-state index in [9.17, 15) is 9.59 Å². The predicted octanol–water partition coefficient (Wildman–Crippen LogP) is 2.35. The van der Waals surface area contributed by atoms with Crippen LogP contribution in [0, 0.1) is 0 Å². The first-order chi connectivity index (χ1) is 12.3. The molecule has 1 aromatic carbocycles. The van der Waals surface area contributed by atoms with E-state index in [1.807, 2.05) is 28.8 Å². The normalized spacial score (nSPS) is 13.9. The van der Waals surface area contributed by atoms with E-state index in [0.29, 0.717) is 25.5 Å². The second-order valence-corrected chi connectivity index (χ2v) is 7.32. The average Bonchev–Trinajstić information content (AvgIpc) is 3.03. The summed E-state index contributed by atoms with van der Waals surface area (Å²) >= 11 is 0. The van der Waals surface area contributed by atoms with Crippen LogP contribution in [0.5, 0.6) is 0 Å². The van der Waals surface area contributed by atoms with Crippen LogP contribution in [-0.2, 0) is 18.5 Å². The van der Waals surface area contributed by atoms with Crippen molar-refractivity contribution in [1.29, 1.82) is 0 Å². The molecule has 8 heteroatoms. The van der Waals surface area contributed by atoms with Crippen LogP contribution >= 0.6 is 0 Å². The molecule has 0 aliphatic carbocycles. The molecule has 138 valence electrons. The Bertz CT molecular complexity index is 838. The molecule has 3 amide bonds. The van der Waals surface area contributed by atoms with Crippen LogP contribution in [-0.4, -0.2) is 38.1 Å². The number of fused-ring (bicyclic) bond motifs is 1. The molecule has 0 atom stereocenters. The van der Waals surface area contributed by atoms with Crippen molar-refractivity contribution in [2.75, 3.05) is 11.9 Å². The smallest absolute Gasteiger partial charge is 0.322 e. The molecule has 8 nitrogen and oxygen atoms in total. The quantitative estimate of drug-likeness (QED) is 0.567. The average molecular weight is 357 g/mol.